The summed E-state index contributed by atoms with van der Waals surface area (Å²) in [4.78, 5) is 15.1. The average Bonchev–Trinajstić information content (AvgIpc) is 2.96. The largest absolute Gasteiger partial charge is 0.395 e. The lowest BCUT2D eigenvalue weighted by atomic mass is 10.1. The van der Waals surface area contributed by atoms with Gasteiger partial charge in [-0.05, 0) is 31.2 Å². The highest BCUT2D eigenvalue weighted by Crippen LogP contribution is 2.21. The van der Waals surface area contributed by atoms with Crippen molar-refractivity contribution in [3.8, 4) is 11.8 Å². The third-order valence-corrected chi connectivity index (χ3v) is 4.35. The van der Waals surface area contributed by atoms with Gasteiger partial charge in [-0.15, -0.1) is 11.3 Å². The first-order chi connectivity index (χ1) is 10.3. The van der Waals surface area contributed by atoms with Crippen LogP contribution in [0, 0.1) is 11.8 Å². The number of likely N-dealkylation sites (tertiary alicyclic amines) is 1. The highest BCUT2D eigenvalue weighted by atomic mass is 32.1. The minimum absolute atomic E-state index is 0.0470. The lowest BCUT2D eigenvalue weighted by molar-refractivity contribution is 0.0147. The van der Waals surface area contributed by atoms with Crippen molar-refractivity contribution in [2.75, 3.05) is 26.3 Å². The van der Waals surface area contributed by atoms with E-state index >= 15 is 0 Å². The van der Waals surface area contributed by atoms with Gasteiger partial charge in [0.1, 0.15) is 4.88 Å². The molecule has 1 saturated heterocycles. The molecule has 21 heavy (non-hydrogen) atoms. The summed E-state index contributed by atoms with van der Waals surface area (Å²) in [6, 6.07) is 1.87. The number of hydrogen-bond donors (Lipinski definition) is 1. The zero-order valence-electron chi connectivity index (χ0n) is 12.3. The Morgan fingerprint density at radius 3 is 2.95 bits per heavy atom. The molecule has 0 atom stereocenters. The third kappa shape index (κ3) is 4.31. The number of thiophene rings is 1. The van der Waals surface area contributed by atoms with Gasteiger partial charge in [-0.1, -0.05) is 11.8 Å². The van der Waals surface area contributed by atoms with Crippen molar-refractivity contribution in [1.82, 2.24) is 4.90 Å². The monoisotopic (exact) mass is 307 g/mol. The Hall–Kier alpha value is -1.35. The van der Waals surface area contributed by atoms with Gasteiger partial charge in [0.2, 0.25) is 0 Å². The van der Waals surface area contributed by atoms with Crippen molar-refractivity contribution in [1.29, 1.82) is 0 Å². The summed E-state index contributed by atoms with van der Waals surface area (Å²) in [5.74, 6) is 5.91. The molecular formula is C16H21NO3S. The molecule has 1 N–H and O–H groups in total. The van der Waals surface area contributed by atoms with Crippen molar-refractivity contribution in [3.63, 3.8) is 0 Å². The molecule has 2 heterocycles. The van der Waals surface area contributed by atoms with E-state index in [-0.39, 0.29) is 18.6 Å². The molecule has 2 rings (SSSR count). The van der Waals surface area contributed by atoms with Crippen LogP contribution in [-0.2, 0) is 4.74 Å². The van der Waals surface area contributed by atoms with E-state index in [1.165, 1.54) is 11.3 Å². The molecule has 1 aromatic rings. The minimum atomic E-state index is 0.0470. The summed E-state index contributed by atoms with van der Waals surface area (Å²) in [6.07, 6.45) is 2.52. The summed E-state index contributed by atoms with van der Waals surface area (Å²) in [7, 11) is 0. The molecule has 0 aliphatic carbocycles. The normalized spacial score (nSPS) is 15.6. The molecule has 0 bridgehead atoms. The lowest BCUT2D eigenvalue weighted by Crippen LogP contribution is -2.40. The fourth-order valence-corrected chi connectivity index (χ4v) is 3.21. The number of carbonyl (C=O) groups excluding carboxylic acids is 1. The quantitative estimate of drug-likeness (QED) is 0.867. The van der Waals surface area contributed by atoms with Crippen LogP contribution in [0.3, 0.4) is 0 Å². The van der Waals surface area contributed by atoms with Crippen LogP contribution in [0.5, 0.6) is 0 Å². The minimum Gasteiger partial charge on any atom is -0.395 e. The van der Waals surface area contributed by atoms with Crippen molar-refractivity contribution in [2.24, 2.45) is 0 Å². The van der Waals surface area contributed by atoms with Gasteiger partial charge in [-0.3, -0.25) is 4.79 Å². The van der Waals surface area contributed by atoms with E-state index in [4.69, 9.17) is 9.84 Å². The number of aliphatic hydroxyl groups excluding tert-OH is 1. The fourth-order valence-electron chi connectivity index (χ4n) is 2.39. The average molecular weight is 307 g/mol. The van der Waals surface area contributed by atoms with E-state index in [0.717, 1.165) is 38.1 Å². The molecule has 0 saturated carbocycles. The zero-order valence-corrected chi connectivity index (χ0v) is 13.1. The number of amides is 1. The summed E-state index contributed by atoms with van der Waals surface area (Å²) >= 11 is 1.43. The molecule has 1 aliphatic rings. The van der Waals surface area contributed by atoms with Gasteiger partial charge in [-0.2, -0.15) is 0 Å². The molecule has 5 heteroatoms. The lowest BCUT2D eigenvalue weighted by Gasteiger charge is -2.31. The van der Waals surface area contributed by atoms with E-state index in [1.807, 2.05) is 23.3 Å². The third-order valence-electron chi connectivity index (χ3n) is 3.45. The van der Waals surface area contributed by atoms with Gasteiger partial charge in [0, 0.05) is 31.7 Å². The number of piperidine rings is 1. The predicted molar refractivity (Wildman–Crippen MR) is 83.5 cm³/mol. The second-order valence-corrected chi connectivity index (χ2v) is 5.80. The highest BCUT2D eigenvalue weighted by molar-refractivity contribution is 7.12. The number of nitrogens with zero attached hydrogens (tertiary/aromatic N) is 1. The molecule has 1 amide bonds. The van der Waals surface area contributed by atoms with Crippen molar-refractivity contribution >= 4 is 17.2 Å². The molecule has 0 radical (unpaired) electrons. The van der Waals surface area contributed by atoms with Gasteiger partial charge in [-0.25, -0.2) is 0 Å². The SMILES string of the molecule is CCOC1CCN(C(=O)c2sccc2C#CCCO)CC1. The molecule has 1 aliphatic heterocycles. The Morgan fingerprint density at radius 1 is 1.52 bits per heavy atom. The first kappa shape index (κ1) is 16.0. The maximum Gasteiger partial charge on any atom is 0.265 e. The van der Waals surface area contributed by atoms with Gasteiger partial charge in [0.15, 0.2) is 0 Å². The van der Waals surface area contributed by atoms with Crippen molar-refractivity contribution in [3.05, 3.63) is 21.9 Å². The standard InChI is InChI=1S/C16H21NO3S/c1-2-20-14-6-9-17(10-7-14)16(19)15-13(8-12-21-15)5-3-4-11-18/h8,12,14,18H,2,4,6-7,9-11H2,1H3. The second-order valence-electron chi connectivity index (χ2n) is 4.89. The summed E-state index contributed by atoms with van der Waals surface area (Å²) in [6.45, 7) is 4.26. The molecule has 114 valence electrons. The number of aliphatic hydroxyl groups is 1. The molecule has 1 aromatic heterocycles. The van der Waals surface area contributed by atoms with Gasteiger partial charge in [0.25, 0.3) is 5.91 Å². The Kier molecular flexibility index (Phi) is 6.24. The van der Waals surface area contributed by atoms with Crippen LogP contribution in [0.2, 0.25) is 0 Å². The van der Waals surface area contributed by atoms with Crippen LogP contribution in [-0.4, -0.2) is 48.3 Å². The summed E-state index contributed by atoms with van der Waals surface area (Å²) in [5.41, 5.74) is 0.769. The van der Waals surface area contributed by atoms with Gasteiger partial charge < -0.3 is 14.7 Å². The number of hydrogen-bond acceptors (Lipinski definition) is 4. The molecule has 1 fully saturated rings. The molecule has 4 nitrogen and oxygen atoms in total. The van der Waals surface area contributed by atoms with Crippen LogP contribution >= 0.6 is 11.3 Å². The topological polar surface area (TPSA) is 49.8 Å². The molecule has 0 spiro atoms. The number of carbonyl (C=O) groups is 1. The first-order valence-electron chi connectivity index (χ1n) is 7.34. The number of rotatable bonds is 4. The van der Waals surface area contributed by atoms with Crippen LogP contribution in [0.15, 0.2) is 11.4 Å². The Labute approximate surface area is 129 Å². The summed E-state index contributed by atoms with van der Waals surface area (Å²) in [5, 5.41) is 10.7. The van der Waals surface area contributed by atoms with Crippen LogP contribution < -0.4 is 0 Å². The van der Waals surface area contributed by atoms with Crippen molar-refractivity contribution in [2.45, 2.75) is 32.3 Å². The maximum atomic E-state index is 12.6. The van der Waals surface area contributed by atoms with Crippen LogP contribution in [0.4, 0.5) is 0 Å². The van der Waals surface area contributed by atoms with Crippen molar-refractivity contribution < 1.29 is 14.6 Å². The number of ether oxygens (including phenoxy) is 1. The summed E-state index contributed by atoms with van der Waals surface area (Å²) < 4.78 is 5.61. The van der Waals surface area contributed by atoms with Crippen LogP contribution in [0.1, 0.15) is 41.4 Å². The Bertz CT molecular complexity index is 521. The predicted octanol–water partition coefficient (Wildman–Crippen LogP) is 2.12. The highest BCUT2D eigenvalue weighted by Gasteiger charge is 2.25. The molecule has 0 aromatic carbocycles. The van der Waals surface area contributed by atoms with E-state index in [1.54, 1.807) is 0 Å². The molecular weight excluding hydrogens is 286 g/mol. The van der Waals surface area contributed by atoms with E-state index in [2.05, 4.69) is 11.8 Å². The molecule has 0 unspecified atom stereocenters. The Balaban J connectivity index is 1.99. The van der Waals surface area contributed by atoms with E-state index in [0.29, 0.717) is 11.3 Å². The van der Waals surface area contributed by atoms with Gasteiger partial charge in [0.05, 0.1) is 12.7 Å². The smallest absolute Gasteiger partial charge is 0.265 e. The van der Waals surface area contributed by atoms with E-state index < -0.39 is 0 Å². The second kappa shape index (κ2) is 8.18. The maximum absolute atomic E-state index is 12.6. The Morgan fingerprint density at radius 2 is 2.29 bits per heavy atom. The first-order valence-corrected chi connectivity index (χ1v) is 8.22. The zero-order chi connectivity index (χ0) is 15.1. The van der Waals surface area contributed by atoms with E-state index in [9.17, 15) is 4.79 Å². The van der Waals surface area contributed by atoms with Gasteiger partial charge >= 0.3 is 0 Å². The van der Waals surface area contributed by atoms with Crippen LogP contribution in [0.25, 0.3) is 0 Å². The fraction of sp³-hybridized carbons (Fsp3) is 0.562.